The Morgan fingerprint density at radius 1 is 1.07 bits per heavy atom. The molecule has 0 unspecified atom stereocenters. The van der Waals surface area contributed by atoms with E-state index in [9.17, 15) is 22.0 Å². The zero-order valence-electron chi connectivity index (χ0n) is 16.4. The van der Waals surface area contributed by atoms with Crippen molar-refractivity contribution in [2.45, 2.75) is 37.5 Å². The molecular formula is C21H24F2N2O3S. The standard InChI is InChI=1S/C21H24F2N2O3S/c1-14(2)15-3-6-18(7-4-15)24-21(26)16-9-11-25(12-10-16)29(27,28)20-13-17(22)5-8-19(20)23/h3-8,13-14,16H,9-12H2,1-2H3,(H,24,26). The Bertz CT molecular complexity index is 983. The average Bonchev–Trinajstić information content (AvgIpc) is 2.70. The van der Waals surface area contributed by atoms with Crippen LogP contribution in [0.25, 0.3) is 0 Å². The monoisotopic (exact) mass is 422 g/mol. The molecule has 2 aromatic rings. The summed E-state index contributed by atoms with van der Waals surface area (Å²) in [5, 5.41) is 2.86. The minimum Gasteiger partial charge on any atom is -0.326 e. The van der Waals surface area contributed by atoms with Crippen LogP contribution in [0.15, 0.2) is 47.4 Å². The fraction of sp³-hybridized carbons (Fsp3) is 0.381. The molecule has 0 saturated carbocycles. The van der Waals surface area contributed by atoms with Gasteiger partial charge >= 0.3 is 0 Å². The van der Waals surface area contributed by atoms with E-state index in [4.69, 9.17) is 0 Å². The Morgan fingerprint density at radius 3 is 2.28 bits per heavy atom. The van der Waals surface area contributed by atoms with Gasteiger partial charge in [-0.05, 0) is 54.7 Å². The number of carbonyl (C=O) groups excluding carboxylic acids is 1. The number of anilines is 1. The van der Waals surface area contributed by atoms with E-state index >= 15 is 0 Å². The summed E-state index contributed by atoms with van der Waals surface area (Å²) in [6, 6.07) is 9.97. The number of carbonyl (C=O) groups is 1. The van der Waals surface area contributed by atoms with E-state index in [2.05, 4.69) is 19.2 Å². The van der Waals surface area contributed by atoms with Crippen LogP contribution in [0.4, 0.5) is 14.5 Å². The van der Waals surface area contributed by atoms with Gasteiger partial charge in [-0.1, -0.05) is 26.0 Å². The first-order chi connectivity index (χ1) is 13.7. The maximum absolute atomic E-state index is 13.9. The van der Waals surface area contributed by atoms with E-state index in [0.29, 0.717) is 30.5 Å². The van der Waals surface area contributed by atoms with Gasteiger partial charge in [-0.15, -0.1) is 0 Å². The lowest BCUT2D eigenvalue weighted by Crippen LogP contribution is -2.41. The van der Waals surface area contributed by atoms with Gasteiger partial charge in [0.1, 0.15) is 16.5 Å². The third-order valence-electron chi connectivity index (χ3n) is 5.18. The van der Waals surface area contributed by atoms with E-state index in [1.165, 1.54) is 5.56 Å². The molecule has 156 valence electrons. The molecule has 0 aliphatic carbocycles. The zero-order chi connectivity index (χ0) is 21.2. The lowest BCUT2D eigenvalue weighted by molar-refractivity contribution is -0.120. The number of rotatable bonds is 5. The molecule has 1 N–H and O–H groups in total. The number of sulfonamides is 1. The summed E-state index contributed by atoms with van der Waals surface area (Å²) in [4.78, 5) is 11.8. The summed E-state index contributed by atoms with van der Waals surface area (Å²) in [6.07, 6.45) is 0.623. The lowest BCUT2D eigenvalue weighted by Gasteiger charge is -2.30. The van der Waals surface area contributed by atoms with Crippen molar-refractivity contribution in [3.63, 3.8) is 0 Å². The predicted octanol–water partition coefficient (Wildman–Crippen LogP) is 4.13. The predicted molar refractivity (Wildman–Crippen MR) is 107 cm³/mol. The molecule has 1 heterocycles. The van der Waals surface area contributed by atoms with Gasteiger partial charge < -0.3 is 5.32 Å². The molecule has 0 atom stereocenters. The molecule has 0 aromatic heterocycles. The SMILES string of the molecule is CC(C)c1ccc(NC(=O)C2CCN(S(=O)(=O)c3cc(F)ccc3F)CC2)cc1. The molecule has 1 amide bonds. The number of nitrogens with zero attached hydrogens (tertiary/aromatic N) is 1. The average molecular weight is 422 g/mol. The van der Waals surface area contributed by atoms with Crippen LogP contribution in [0.3, 0.4) is 0 Å². The third kappa shape index (κ3) is 4.82. The molecule has 1 fully saturated rings. The van der Waals surface area contributed by atoms with Crippen molar-refractivity contribution in [3.8, 4) is 0 Å². The molecule has 29 heavy (non-hydrogen) atoms. The van der Waals surface area contributed by atoms with E-state index in [-0.39, 0.29) is 24.9 Å². The third-order valence-corrected chi connectivity index (χ3v) is 7.09. The fourth-order valence-corrected chi connectivity index (χ4v) is 4.91. The first kappa shape index (κ1) is 21.4. The van der Waals surface area contributed by atoms with Crippen molar-refractivity contribution in [2.75, 3.05) is 18.4 Å². The van der Waals surface area contributed by atoms with Crippen molar-refractivity contribution in [3.05, 3.63) is 59.7 Å². The van der Waals surface area contributed by atoms with Crippen LogP contribution in [0, 0.1) is 17.6 Å². The Labute approximate surface area is 169 Å². The second-order valence-electron chi connectivity index (χ2n) is 7.52. The quantitative estimate of drug-likeness (QED) is 0.788. The van der Waals surface area contributed by atoms with Crippen molar-refractivity contribution < 1.29 is 22.0 Å². The van der Waals surface area contributed by atoms with Crippen molar-refractivity contribution in [2.24, 2.45) is 5.92 Å². The maximum atomic E-state index is 13.9. The van der Waals surface area contributed by atoms with Crippen molar-refractivity contribution >= 4 is 21.6 Å². The minimum absolute atomic E-state index is 0.0721. The van der Waals surface area contributed by atoms with Crippen LogP contribution in [0.2, 0.25) is 0 Å². The largest absolute Gasteiger partial charge is 0.326 e. The fourth-order valence-electron chi connectivity index (χ4n) is 3.37. The summed E-state index contributed by atoms with van der Waals surface area (Å²) < 4.78 is 53.7. The maximum Gasteiger partial charge on any atom is 0.246 e. The summed E-state index contributed by atoms with van der Waals surface area (Å²) in [7, 11) is -4.15. The van der Waals surface area contributed by atoms with Gasteiger partial charge in [-0.3, -0.25) is 4.79 Å². The highest BCUT2D eigenvalue weighted by atomic mass is 32.2. The van der Waals surface area contributed by atoms with Gasteiger partial charge in [0.15, 0.2) is 0 Å². The van der Waals surface area contributed by atoms with Crippen LogP contribution < -0.4 is 5.32 Å². The van der Waals surface area contributed by atoms with Crippen LogP contribution in [0.5, 0.6) is 0 Å². The van der Waals surface area contributed by atoms with Crippen molar-refractivity contribution in [1.29, 1.82) is 0 Å². The Hall–Kier alpha value is -2.32. The van der Waals surface area contributed by atoms with E-state index in [1.54, 1.807) is 0 Å². The van der Waals surface area contributed by atoms with Gasteiger partial charge in [0.25, 0.3) is 0 Å². The molecule has 0 bridgehead atoms. The Balaban J connectivity index is 1.62. The highest BCUT2D eigenvalue weighted by Gasteiger charge is 2.33. The number of nitrogens with one attached hydrogen (secondary N) is 1. The van der Waals surface area contributed by atoms with Gasteiger partial charge in [0.05, 0.1) is 0 Å². The number of halogens is 2. The molecule has 8 heteroatoms. The second kappa shape index (κ2) is 8.59. The lowest BCUT2D eigenvalue weighted by atomic mass is 9.97. The second-order valence-corrected chi connectivity index (χ2v) is 9.43. The molecule has 1 saturated heterocycles. The van der Waals surface area contributed by atoms with Gasteiger partial charge in [0, 0.05) is 24.7 Å². The Morgan fingerprint density at radius 2 is 1.69 bits per heavy atom. The molecule has 1 aliphatic rings. The first-order valence-corrected chi connectivity index (χ1v) is 11.0. The topological polar surface area (TPSA) is 66.5 Å². The van der Waals surface area contributed by atoms with Gasteiger partial charge in [-0.2, -0.15) is 4.31 Å². The van der Waals surface area contributed by atoms with Crippen LogP contribution in [-0.4, -0.2) is 31.7 Å². The summed E-state index contributed by atoms with van der Waals surface area (Å²) in [6.45, 7) is 4.32. The molecule has 0 radical (unpaired) electrons. The van der Waals surface area contributed by atoms with Crippen LogP contribution in [-0.2, 0) is 14.8 Å². The van der Waals surface area contributed by atoms with Gasteiger partial charge in [-0.25, -0.2) is 17.2 Å². The summed E-state index contributed by atoms with van der Waals surface area (Å²) >= 11 is 0. The molecule has 3 rings (SSSR count). The number of hydrogen-bond acceptors (Lipinski definition) is 3. The molecule has 1 aliphatic heterocycles. The number of piperidine rings is 1. The van der Waals surface area contributed by atoms with Crippen LogP contribution in [0.1, 0.15) is 38.2 Å². The summed E-state index contributed by atoms with van der Waals surface area (Å²) in [5.41, 5.74) is 1.86. The van der Waals surface area contributed by atoms with Gasteiger partial charge in [0.2, 0.25) is 15.9 Å². The Kier molecular flexibility index (Phi) is 6.33. The molecule has 2 aromatic carbocycles. The summed E-state index contributed by atoms with van der Waals surface area (Å²) in [5.74, 6) is -1.92. The number of benzene rings is 2. The normalized spacial score (nSPS) is 16.2. The van der Waals surface area contributed by atoms with Crippen molar-refractivity contribution in [1.82, 2.24) is 4.31 Å². The van der Waals surface area contributed by atoms with E-state index in [0.717, 1.165) is 16.4 Å². The number of hydrogen-bond donors (Lipinski definition) is 1. The zero-order valence-corrected chi connectivity index (χ0v) is 17.2. The molecular weight excluding hydrogens is 398 g/mol. The molecule has 5 nitrogen and oxygen atoms in total. The minimum atomic E-state index is -4.15. The molecule has 0 spiro atoms. The highest BCUT2D eigenvalue weighted by molar-refractivity contribution is 7.89. The first-order valence-electron chi connectivity index (χ1n) is 9.54. The smallest absolute Gasteiger partial charge is 0.246 e. The van der Waals surface area contributed by atoms with E-state index < -0.39 is 26.6 Å². The highest BCUT2D eigenvalue weighted by Crippen LogP contribution is 2.27. The number of amides is 1. The van der Waals surface area contributed by atoms with Crippen LogP contribution >= 0.6 is 0 Å². The van der Waals surface area contributed by atoms with E-state index in [1.807, 2.05) is 24.3 Å².